The maximum atomic E-state index is 12.2. The largest absolute Gasteiger partial charge is 0.393 e. The highest BCUT2D eigenvalue weighted by molar-refractivity contribution is 9.10. The van der Waals surface area contributed by atoms with Crippen molar-refractivity contribution in [1.29, 1.82) is 0 Å². The van der Waals surface area contributed by atoms with Crippen molar-refractivity contribution < 1.29 is 8.42 Å². The molecule has 100 valence electrons. The minimum atomic E-state index is -3.56. The summed E-state index contributed by atoms with van der Waals surface area (Å²) < 4.78 is 26.3. The second-order valence-corrected chi connectivity index (χ2v) is 7.36. The number of hydrogen-bond donors (Lipinski definition) is 1. The molecule has 0 fully saturated rings. The minimum absolute atomic E-state index is 0.134. The lowest BCUT2D eigenvalue weighted by Gasteiger charge is -2.20. The van der Waals surface area contributed by atoms with Gasteiger partial charge in [-0.05, 0) is 22.0 Å². The molecular formula is C10H14BrN3O2S2. The molecule has 8 heteroatoms. The van der Waals surface area contributed by atoms with Gasteiger partial charge in [0.15, 0.2) is 0 Å². The average molecular weight is 352 g/mol. The number of hydrogen-bond acceptors (Lipinski definition) is 4. The quantitative estimate of drug-likeness (QED) is 0.811. The first-order valence-electron chi connectivity index (χ1n) is 5.11. The van der Waals surface area contributed by atoms with E-state index < -0.39 is 10.0 Å². The van der Waals surface area contributed by atoms with Crippen LogP contribution in [0.2, 0.25) is 0 Å². The molecule has 1 unspecified atom stereocenters. The highest BCUT2D eigenvalue weighted by Gasteiger charge is 2.23. The number of thiocarbonyl (C=S) groups is 1. The van der Waals surface area contributed by atoms with Gasteiger partial charge in [-0.1, -0.05) is 19.1 Å². The molecule has 5 nitrogen and oxygen atoms in total. The molecule has 1 atom stereocenters. The maximum absolute atomic E-state index is 12.2. The van der Waals surface area contributed by atoms with Crippen LogP contribution in [0.25, 0.3) is 0 Å². The average Bonchev–Trinajstić information content (AvgIpc) is 2.28. The van der Waals surface area contributed by atoms with Crippen molar-refractivity contribution in [3.63, 3.8) is 0 Å². The van der Waals surface area contributed by atoms with E-state index >= 15 is 0 Å². The third kappa shape index (κ3) is 3.71. The molecule has 1 rings (SSSR count). The SMILES string of the molecule is CC(CN(C)S(=O)(=O)c1cncc(Br)c1)C(N)=S. The molecule has 1 aromatic heterocycles. The smallest absolute Gasteiger partial charge is 0.244 e. The van der Waals surface area contributed by atoms with Gasteiger partial charge in [0.05, 0.1) is 4.99 Å². The van der Waals surface area contributed by atoms with E-state index in [0.29, 0.717) is 9.46 Å². The summed E-state index contributed by atoms with van der Waals surface area (Å²) in [5.74, 6) is -0.181. The van der Waals surface area contributed by atoms with Crippen molar-refractivity contribution in [2.75, 3.05) is 13.6 Å². The summed E-state index contributed by atoms with van der Waals surface area (Å²) in [6.07, 6.45) is 2.83. The van der Waals surface area contributed by atoms with Gasteiger partial charge in [0, 0.05) is 36.4 Å². The van der Waals surface area contributed by atoms with Crippen LogP contribution in [0.5, 0.6) is 0 Å². The van der Waals surface area contributed by atoms with Crippen molar-refractivity contribution >= 4 is 43.2 Å². The summed E-state index contributed by atoms with van der Waals surface area (Å²) in [6, 6.07) is 1.50. The van der Waals surface area contributed by atoms with E-state index in [9.17, 15) is 8.42 Å². The Morgan fingerprint density at radius 3 is 2.72 bits per heavy atom. The van der Waals surface area contributed by atoms with Gasteiger partial charge in [0.2, 0.25) is 10.0 Å². The van der Waals surface area contributed by atoms with Crippen LogP contribution in [0.15, 0.2) is 27.8 Å². The zero-order valence-electron chi connectivity index (χ0n) is 10.00. The number of rotatable bonds is 5. The normalized spacial score (nSPS) is 13.6. The lowest BCUT2D eigenvalue weighted by atomic mass is 10.2. The molecule has 0 aliphatic rings. The molecule has 2 N–H and O–H groups in total. The summed E-state index contributed by atoms with van der Waals surface area (Å²) in [4.78, 5) is 4.27. The van der Waals surface area contributed by atoms with Gasteiger partial charge in [0.1, 0.15) is 4.90 Å². The highest BCUT2D eigenvalue weighted by Crippen LogP contribution is 2.18. The Bertz CT molecular complexity index is 548. The Kier molecular flexibility index (Phi) is 5.20. The topological polar surface area (TPSA) is 76.3 Å². The predicted octanol–water partition coefficient (Wildman–Crippen LogP) is 1.39. The van der Waals surface area contributed by atoms with Crippen LogP contribution in [-0.2, 0) is 10.0 Å². The summed E-state index contributed by atoms with van der Waals surface area (Å²) in [5.41, 5.74) is 5.48. The van der Waals surface area contributed by atoms with Crippen LogP contribution in [0.4, 0.5) is 0 Å². The first-order chi connectivity index (χ1) is 8.25. The standard InChI is InChI=1S/C10H14BrN3O2S2/c1-7(10(12)17)6-14(2)18(15,16)9-3-8(11)4-13-5-9/h3-5,7H,6H2,1-2H3,(H2,12,17). The predicted molar refractivity (Wildman–Crippen MR) is 77.7 cm³/mol. The number of nitrogens with zero attached hydrogens (tertiary/aromatic N) is 2. The molecule has 0 spiro atoms. The Balaban J connectivity index is 2.97. The molecule has 0 radical (unpaired) electrons. The number of nitrogens with two attached hydrogens (primary N) is 1. The number of sulfonamides is 1. The zero-order chi connectivity index (χ0) is 13.9. The van der Waals surface area contributed by atoms with Gasteiger partial charge >= 0.3 is 0 Å². The number of halogens is 1. The molecule has 0 bridgehead atoms. The molecule has 0 saturated carbocycles. The van der Waals surface area contributed by atoms with E-state index in [-0.39, 0.29) is 17.4 Å². The van der Waals surface area contributed by atoms with Crippen molar-refractivity contribution in [3.05, 3.63) is 22.9 Å². The Hall–Kier alpha value is -0.570. The first kappa shape index (κ1) is 15.5. The lowest BCUT2D eigenvalue weighted by molar-refractivity contribution is 0.445. The van der Waals surface area contributed by atoms with Crippen molar-refractivity contribution in [2.45, 2.75) is 11.8 Å². The first-order valence-corrected chi connectivity index (χ1v) is 7.75. The van der Waals surface area contributed by atoms with E-state index in [0.717, 1.165) is 0 Å². The molecule has 1 aromatic rings. The van der Waals surface area contributed by atoms with Crippen LogP contribution in [-0.4, -0.2) is 36.3 Å². The molecule has 0 amide bonds. The van der Waals surface area contributed by atoms with Gasteiger partial charge in [-0.2, -0.15) is 0 Å². The fourth-order valence-corrected chi connectivity index (χ4v) is 3.13. The molecule has 0 saturated heterocycles. The molecule has 18 heavy (non-hydrogen) atoms. The maximum Gasteiger partial charge on any atom is 0.244 e. The Morgan fingerprint density at radius 1 is 1.61 bits per heavy atom. The number of aromatic nitrogens is 1. The van der Waals surface area contributed by atoms with Crippen LogP contribution < -0.4 is 5.73 Å². The van der Waals surface area contributed by atoms with Crippen LogP contribution >= 0.6 is 28.1 Å². The zero-order valence-corrected chi connectivity index (χ0v) is 13.2. The van der Waals surface area contributed by atoms with E-state index in [1.807, 2.05) is 0 Å². The molecule has 0 aliphatic heterocycles. The summed E-state index contributed by atoms with van der Waals surface area (Å²) in [7, 11) is -2.07. The second kappa shape index (κ2) is 6.05. The lowest BCUT2D eigenvalue weighted by Crippen LogP contribution is -2.35. The van der Waals surface area contributed by atoms with Gasteiger partial charge in [0.25, 0.3) is 0 Å². The summed E-state index contributed by atoms with van der Waals surface area (Å²) >= 11 is 8.02. The molecule has 1 heterocycles. The van der Waals surface area contributed by atoms with Gasteiger partial charge in [-0.15, -0.1) is 0 Å². The summed E-state index contributed by atoms with van der Waals surface area (Å²) in [6.45, 7) is 2.03. The monoisotopic (exact) mass is 351 g/mol. The second-order valence-electron chi connectivity index (χ2n) is 3.93. The highest BCUT2D eigenvalue weighted by atomic mass is 79.9. The molecular weight excluding hydrogens is 338 g/mol. The fourth-order valence-electron chi connectivity index (χ4n) is 1.29. The summed E-state index contributed by atoms with van der Waals surface area (Å²) in [5, 5.41) is 0. The van der Waals surface area contributed by atoms with Crippen LogP contribution in [0, 0.1) is 5.92 Å². The van der Waals surface area contributed by atoms with Gasteiger partial charge in [-0.25, -0.2) is 12.7 Å². The minimum Gasteiger partial charge on any atom is -0.393 e. The van der Waals surface area contributed by atoms with Gasteiger partial charge < -0.3 is 5.73 Å². The molecule has 0 aliphatic carbocycles. The molecule has 0 aromatic carbocycles. The van der Waals surface area contributed by atoms with E-state index in [2.05, 4.69) is 20.9 Å². The number of pyridine rings is 1. The van der Waals surface area contributed by atoms with Crippen molar-refractivity contribution in [1.82, 2.24) is 9.29 Å². The Labute approximate surface area is 121 Å². The van der Waals surface area contributed by atoms with Gasteiger partial charge in [-0.3, -0.25) is 4.98 Å². The van der Waals surface area contributed by atoms with Crippen molar-refractivity contribution in [2.24, 2.45) is 11.7 Å². The van der Waals surface area contributed by atoms with E-state index in [1.54, 1.807) is 6.92 Å². The van der Waals surface area contributed by atoms with Crippen molar-refractivity contribution in [3.8, 4) is 0 Å². The third-order valence-corrected chi connectivity index (χ3v) is 5.03. The van der Waals surface area contributed by atoms with E-state index in [1.165, 1.54) is 29.8 Å². The Morgan fingerprint density at radius 2 is 2.22 bits per heavy atom. The third-order valence-electron chi connectivity index (χ3n) is 2.40. The fraction of sp³-hybridized carbons (Fsp3) is 0.400. The van der Waals surface area contributed by atoms with Crippen LogP contribution in [0.1, 0.15) is 6.92 Å². The van der Waals surface area contributed by atoms with Crippen LogP contribution in [0.3, 0.4) is 0 Å². The van der Waals surface area contributed by atoms with E-state index in [4.69, 9.17) is 18.0 Å².